The molecular formula is C10H8BrNO3. The Kier molecular flexibility index (Phi) is 2.19. The van der Waals surface area contributed by atoms with Crippen molar-refractivity contribution < 1.29 is 14.3 Å². The number of fused-ring (bicyclic) bond motifs is 1. The van der Waals surface area contributed by atoms with Crippen molar-refractivity contribution in [3.63, 3.8) is 0 Å². The normalized spacial score (nSPS) is 10.8. The molecular weight excluding hydrogens is 262 g/mol. The number of carbonyl (C=O) groups excluding carboxylic acids is 1. The number of anilines is 1. The molecule has 3 N–H and O–H groups in total. The Bertz CT molecular complexity index is 559. The lowest BCUT2D eigenvalue weighted by Crippen LogP contribution is -1.95. The molecule has 0 spiro atoms. The molecule has 0 unspecified atom stereocenters. The van der Waals surface area contributed by atoms with Gasteiger partial charge >= 0.3 is 0 Å². The average Bonchev–Trinajstić information content (AvgIpc) is 2.50. The van der Waals surface area contributed by atoms with Crippen LogP contribution in [0.25, 0.3) is 11.0 Å². The minimum atomic E-state index is -0.241. The van der Waals surface area contributed by atoms with E-state index in [1.807, 2.05) is 0 Å². The van der Waals surface area contributed by atoms with E-state index in [2.05, 4.69) is 15.9 Å². The largest absolute Gasteiger partial charge is 0.507 e. The van der Waals surface area contributed by atoms with Crippen LogP contribution in [-0.4, -0.2) is 10.9 Å². The number of Topliss-reactive ketones (excluding diaryl/α,β-unsaturated/α-hetero) is 1. The molecule has 0 atom stereocenters. The van der Waals surface area contributed by atoms with Crippen molar-refractivity contribution in [2.45, 2.75) is 6.92 Å². The van der Waals surface area contributed by atoms with Gasteiger partial charge in [-0.15, -0.1) is 0 Å². The fourth-order valence-electron chi connectivity index (χ4n) is 1.42. The number of hydrogen-bond donors (Lipinski definition) is 2. The molecule has 0 saturated carbocycles. The van der Waals surface area contributed by atoms with E-state index in [-0.39, 0.29) is 23.0 Å². The first-order chi connectivity index (χ1) is 7.02. The lowest BCUT2D eigenvalue weighted by molar-refractivity contribution is 0.0990. The fourth-order valence-corrected chi connectivity index (χ4v) is 1.96. The number of nitrogen functional groups attached to an aromatic ring is 1. The lowest BCUT2D eigenvalue weighted by Gasteiger charge is -1.97. The molecule has 4 nitrogen and oxygen atoms in total. The molecule has 1 aromatic heterocycles. The highest BCUT2D eigenvalue weighted by Gasteiger charge is 2.18. The van der Waals surface area contributed by atoms with Crippen molar-refractivity contribution in [1.82, 2.24) is 0 Å². The summed E-state index contributed by atoms with van der Waals surface area (Å²) in [7, 11) is 0. The van der Waals surface area contributed by atoms with E-state index in [1.54, 1.807) is 6.07 Å². The highest BCUT2D eigenvalue weighted by atomic mass is 79.9. The lowest BCUT2D eigenvalue weighted by atomic mass is 10.2. The molecule has 1 heterocycles. The van der Waals surface area contributed by atoms with Crippen molar-refractivity contribution in [1.29, 1.82) is 0 Å². The van der Waals surface area contributed by atoms with Crippen molar-refractivity contribution in [2.24, 2.45) is 0 Å². The number of halogens is 1. The summed E-state index contributed by atoms with van der Waals surface area (Å²) in [5.74, 6) is -0.0588. The molecule has 0 bridgehead atoms. The minimum absolute atomic E-state index is 0.0603. The van der Waals surface area contributed by atoms with Gasteiger partial charge in [0, 0.05) is 6.92 Å². The number of benzene rings is 1. The maximum absolute atomic E-state index is 11.2. The molecule has 2 rings (SSSR count). The first kappa shape index (κ1) is 10.0. The predicted molar refractivity (Wildman–Crippen MR) is 60.0 cm³/mol. The zero-order valence-corrected chi connectivity index (χ0v) is 9.46. The number of aromatic hydroxyl groups is 1. The molecule has 2 aromatic rings. The van der Waals surface area contributed by atoms with Gasteiger partial charge in [0.05, 0.1) is 15.5 Å². The van der Waals surface area contributed by atoms with Crippen LogP contribution >= 0.6 is 15.9 Å². The quantitative estimate of drug-likeness (QED) is 0.781. The van der Waals surface area contributed by atoms with E-state index < -0.39 is 0 Å². The topological polar surface area (TPSA) is 76.5 Å². The smallest absolute Gasteiger partial charge is 0.197 e. The summed E-state index contributed by atoms with van der Waals surface area (Å²) < 4.78 is 5.72. The standard InChI is InChI=1S/C10H8BrNO3/c1-4(13)10-9(12)7-6(15-10)3-2-5(14)8(7)11/h2-3,14H,12H2,1H3. The zero-order valence-electron chi connectivity index (χ0n) is 7.87. The highest BCUT2D eigenvalue weighted by Crippen LogP contribution is 2.39. The number of furan rings is 1. The molecule has 0 aliphatic carbocycles. The molecule has 15 heavy (non-hydrogen) atoms. The highest BCUT2D eigenvalue weighted by molar-refractivity contribution is 9.10. The molecule has 0 amide bonds. The molecule has 0 fully saturated rings. The van der Waals surface area contributed by atoms with Crippen LogP contribution in [0.2, 0.25) is 0 Å². The van der Waals surface area contributed by atoms with Crippen LogP contribution in [0.3, 0.4) is 0 Å². The second-order valence-corrected chi connectivity index (χ2v) is 3.97. The third-order valence-electron chi connectivity index (χ3n) is 2.13. The summed E-state index contributed by atoms with van der Waals surface area (Å²) in [4.78, 5) is 11.2. The molecule has 0 saturated heterocycles. The van der Waals surface area contributed by atoms with Crippen LogP contribution < -0.4 is 5.73 Å². The van der Waals surface area contributed by atoms with Gasteiger partial charge in [0.2, 0.25) is 0 Å². The third kappa shape index (κ3) is 1.39. The number of nitrogens with two attached hydrogens (primary N) is 1. The Hall–Kier alpha value is -1.49. The van der Waals surface area contributed by atoms with Crippen LogP contribution in [-0.2, 0) is 0 Å². The van der Waals surface area contributed by atoms with Gasteiger partial charge in [0.25, 0.3) is 0 Å². The zero-order chi connectivity index (χ0) is 11.2. The summed E-state index contributed by atoms with van der Waals surface area (Å²) in [5.41, 5.74) is 6.48. The van der Waals surface area contributed by atoms with Gasteiger partial charge in [-0.1, -0.05) is 0 Å². The summed E-state index contributed by atoms with van der Waals surface area (Å²) in [5, 5.41) is 9.99. The molecule has 1 aromatic carbocycles. The SMILES string of the molecule is CC(=O)c1oc2ccc(O)c(Br)c2c1N. The monoisotopic (exact) mass is 269 g/mol. The fraction of sp³-hybridized carbons (Fsp3) is 0.100. The van der Waals surface area contributed by atoms with Gasteiger partial charge in [0.1, 0.15) is 11.3 Å². The second-order valence-electron chi connectivity index (χ2n) is 3.17. The molecule has 5 heteroatoms. The molecule has 0 aliphatic rings. The number of phenolic OH excluding ortho intramolecular Hbond substituents is 1. The van der Waals surface area contributed by atoms with Crippen LogP contribution in [0.4, 0.5) is 5.69 Å². The number of phenols is 1. The van der Waals surface area contributed by atoms with Crippen LogP contribution in [0.15, 0.2) is 21.0 Å². The summed E-state index contributed by atoms with van der Waals surface area (Å²) in [6.45, 7) is 1.38. The Balaban J connectivity index is 2.89. The van der Waals surface area contributed by atoms with E-state index in [4.69, 9.17) is 10.2 Å². The molecule has 0 aliphatic heterocycles. The summed E-state index contributed by atoms with van der Waals surface area (Å²) in [6.07, 6.45) is 0. The van der Waals surface area contributed by atoms with Gasteiger partial charge in [-0.3, -0.25) is 4.79 Å². The van der Waals surface area contributed by atoms with Crippen molar-refractivity contribution >= 4 is 38.4 Å². The Morgan fingerprint density at radius 3 is 2.80 bits per heavy atom. The second kappa shape index (κ2) is 3.27. The van der Waals surface area contributed by atoms with Gasteiger partial charge in [0.15, 0.2) is 11.5 Å². The summed E-state index contributed by atoms with van der Waals surface area (Å²) in [6, 6.07) is 3.04. The van der Waals surface area contributed by atoms with E-state index in [1.165, 1.54) is 13.0 Å². The Labute approximate surface area is 93.8 Å². The Morgan fingerprint density at radius 1 is 1.53 bits per heavy atom. The minimum Gasteiger partial charge on any atom is -0.507 e. The first-order valence-corrected chi connectivity index (χ1v) is 5.02. The maximum atomic E-state index is 11.2. The van der Waals surface area contributed by atoms with Crippen molar-refractivity contribution in [3.8, 4) is 5.75 Å². The predicted octanol–water partition coefficient (Wildman–Crippen LogP) is 2.69. The van der Waals surface area contributed by atoms with Gasteiger partial charge in [-0.2, -0.15) is 0 Å². The van der Waals surface area contributed by atoms with Crippen LogP contribution in [0.5, 0.6) is 5.75 Å². The van der Waals surface area contributed by atoms with Crippen molar-refractivity contribution in [2.75, 3.05) is 5.73 Å². The third-order valence-corrected chi connectivity index (χ3v) is 2.93. The molecule has 78 valence electrons. The van der Waals surface area contributed by atoms with Gasteiger partial charge in [-0.25, -0.2) is 0 Å². The van der Waals surface area contributed by atoms with Crippen LogP contribution in [0.1, 0.15) is 17.5 Å². The summed E-state index contributed by atoms with van der Waals surface area (Å²) >= 11 is 3.19. The van der Waals surface area contributed by atoms with Gasteiger partial charge < -0.3 is 15.3 Å². The number of carbonyl (C=O) groups is 1. The van der Waals surface area contributed by atoms with Crippen LogP contribution in [0, 0.1) is 0 Å². The Morgan fingerprint density at radius 2 is 2.20 bits per heavy atom. The van der Waals surface area contributed by atoms with E-state index >= 15 is 0 Å². The average molecular weight is 270 g/mol. The molecule has 0 radical (unpaired) electrons. The van der Waals surface area contributed by atoms with E-state index in [0.29, 0.717) is 15.4 Å². The number of ketones is 1. The van der Waals surface area contributed by atoms with Gasteiger partial charge in [-0.05, 0) is 28.1 Å². The first-order valence-electron chi connectivity index (χ1n) is 4.22. The van der Waals surface area contributed by atoms with E-state index in [9.17, 15) is 9.90 Å². The van der Waals surface area contributed by atoms with Crippen molar-refractivity contribution in [3.05, 3.63) is 22.4 Å². The maximum Gasteiger partial charge on any atom is 0.197 e. The number of rotatable bonds is 1. The number of hydrogen-bond acceptors (Lipinski definition) is 4. The van der Waals surface area contributed by atoms with E-state index in [0.717, 1.165) is 0 Å².